The number of nitrogens with one attached hydrogen (secondary N) is 1. The van der Waals surface area contributed by atoms with Crippen LogP contribution in [0.2, 0.25) is 0 Å². The van der Waals surface area contributed by atoms with Crippen molar-refractivity contribution in [2.75, 3.05) is 19.4 Å². The molecule has 0 spiro atoms. The molecule has 1 aromatic heterocycles. The molecular weight excluding hydrogens is 412 g/mol. The van der Waals surface area contributed by atoms with Gasteiger partial charge in [-0.15, -0.1) is 0 Å². The predicted octanol–water partition coefficient (Wildman–Crippen LogP) is 3.39. The number of aromatic nitrogens is 2. The molecule has 0 saturated heterocycles. The molecule has 0 unspecified atom stereocenters. The van der Waals surface area contributed by atoms with Crippen LogP contribution in [0.3, 0.4) is 0 Å². The average Bonchev–Trinajstić information content (AvgIpc) is 3.18. The lowest BCUT2D eigenvalue weighted by Crippen LogP contribution is -2.30. The molecule has 0 atom stereocenters. The average molecular weight is 431 g/mol. The molecule has 0 aliphatic rings. The number of carbonyl (C=O) groups excluding carboxylic acids is 2. The Labute approximate surface area is 176 Å². The number of benzene rings is 2. The number of rotatable bonds is 8. The molecule has 1 amide bonds. The highest BCUT2D eigenvalue weighted by Crippen LogP contribution is 2.22. The fraction of sp³-hybridized carbons (Fsp3) is 0.190. The molecule has 1 heterocycles. The maximum absolute atomic E-state index is 13.2. The summed E-state index contributed by atoms with van der Waals surface area (Å²) < 4.78 is 32.8. The van der Waals surface area contributed by atoms with Crippen LogP contribution in [0.1, 0.15) is 16.1 Å². The molecule has 3 aromatic rings. The minimum atomic E-state index is -0.721. The second kappa shape index (κ2) is 10.0. The van der Waals surface area contributed by atoms with E-state index in [9.17, 15) is 18.4 Å². The van der Waals surface area contributed by atoms with Gasteiger partial charge in [-0.25, -0.2) is 18.6 Å². The van der Waals surface area contributed by atoms with E-state index >= 15 is 0 Å². The fourth-order valence-electron chi connectivity index (χ4n) is 2.72. The van der Waals surface area contributed by atoms with Crippen LogP contribution >= 0.6 is 11.8 Å². The number of carbonyl (C=O) groups is 2. The number of hydrogen-bond acceptors (Lipinski definition) is 5. The quantitative estimate of drug-likeness (QED) is 0.437. The van der Waals surface area contributed by atoms with Crippen molar-refractivity contribution in [3.8, 4) is 5.69 Å². The first kappa shape index (κ1) is 21.5. The lowest BCUT2D eigenvalue weighted by molar-refractivity contribution is -0.124. The molecule has 156 valence electrons. The summed E-state index contributed by atoms with van der Waals surface area (Å²) in [5, 5.41) is 3.17. The smallest absolute Gasteiger partial charge is 0.357 e. The summed E-state index contributed by atoms with van der Waals surface area (Å²) in [5.41, 5.74) is 1.56. The topological polar surface area (TPSA) is 73.2 Å². The molecule has 0 saturated carbocycles. The normalized spacial score (nSPS) is 10.6. The third-order valence-corrected chi connectivity index (χ3v) is 4.84. The van der Waals surface area contributed by atoms with Crippen LogP contribution in [0, 0.1) is 11.6 Å². The SMILES string of the molecule is CSc1ncc(C(=O)OCC(=O)NCCc2ccc(F)cc2)n1-c1ccc(F)cc1. The third kappa shape index (κ3) is 5.44. The zero-order chi connectivity index (χ0) is 21.5. The van der Waals surface area contributed by atoms with Gasteiger partial charge in [-0.05, 0) is 54.6 Å². The molecule has 2 aromatic carbocycles. The van der Waals surface area contributed by atoms with Gasteiger partial charge < -0.3 is 10.1 Å². The van der Waals surface area contributed by atoms with E-state index in [-0.39, 0.29) is 11.5 Å². The van der Waals surface area contributed by atoms with Gasteiger partial charge in [0, 0.05) is 12.2 Å². The molecule has 3 rings (SSSR count). The van der Waals surface area contributed by atoms with Crippen LogP contribution in [-0.2, 0) is 16.0 Å². The third-order valence-electron chi connectivity index (χ3n) is 4.19. The van der Waals surface area contributed by atoms with E-state index in [0.717, 1.165) is 5.56 Å². The molecule has 0 radical (unpaired) electrons. The number of ether oxygens (including phenoxy) is 1. The van der Waals surface area contributed by atoms with Crippen molar-refractivity contribution in [1.82, 2.24) is 14.9 Å². The van der Waals surface area contributed by atoms with Gasteiger partial charge in [0.25, 0.3) is 5.91 Å². The Morgan fingerprint density at radius 2 is 1.70 bits per heavy atom. The van der Waals surface area contributed by atoms with E-state index < -0.39 is 24.3 Å². The van der Waals surface area contributed by atoms with Gasteiger partial charge in [0.2, 0.25) is 0 Å². The van der Waals surface area contributed by atoms with Crippen LogP contribution in [0.4, 0.5) is 8.78 Å². The molecule has 0 aliphatic carbocycles. The fourth-order valence-corrected chi connectivity index (χ4v) is 3.26. The van der Waals surface area contributed by atoms with Crippen molar-refractivity contribution < 1.29 is 23.1 Å². The number of nitrogens with zero attached hydrogens (tertiary/aromatic N) is 2. The Kier molecular flexibility index (Phi) is 7.18. The summed E-state index contributed by atoms with van der Waals surface area (Å²) in [5.74, 6) is -1.89. The van der Waals surface area contributed by atoms with Gasteiger partial charge in [0.15, 0.2) is 17.5 Å². The van der Waals surface area contributed by atoms with Crippen molar-refractivity contribution in [1.29, 1.82) is 0 Å². The summed E-state index contributed by atoms with van der Waals surface area (Å²) in [6, 6.07) is 11.6. The Bertz CT molecular complexity index is 1020. The van der Waals surface area contributed by atoms with E-state index in [1.807, 2.05) is 0 Å². The number of halogens is 2. The van der Waals surface area contributed by atoms with Crippen molar-refractivity contribution >= 4 is 23.6 Å². The zero-order valence-electron chi connectivity index (χ0n) is 16.1. The summed E-state index contributed by atoms with van der Waals surface area (Å²) >= 11 is 1.31. The maximum Gasteiger partial charge on any atom is 0.357 e. The standard InChI is InChI=1S/C21H19F2N3O3S/c1-30-21-25-12-18(26(21)17-8-6-16(23)7-9-17)20(28)29-13-19(27)24-11-10-14-2-4-15(22)5-3-14/h2-9,12H,10-11,13H2,1H3,(H,24,27). The van der Waals surface area contributed by atoms with E-state index in [1.54, 1.807) is 23.0 Å². The second-order valence-corrected chi connectivity index (χ2v) is 7.02. The second-order valence-electron chi connectivity index (χ2n) is 6.24. The van der Waals surface area contributed by atoms with Gasteiger partial charge >= 0.3 is 5.97 Å². The monoisotopic (exact) mass is 431 g/mol. The van der Waals surface area contributed by atoms with E-state index in [4.69, 9.17) is 4.74 Å². The lowest BCUT2D eigenvalue weighted by atomic mass is 10.1. The summed E-state index contributed by atoms with van der Waals surface area (Å²) in [6.45, 7) is -0.127. The maximum atomic E-state index is 13.2. The summed E-state index contributed by atoms with van der Waals surface area (Å²) in [6.07, 6.45) is 3.67. The number of thioether (sulfide) groups is 1. The molecule has 30 heavy (non-hydrogen) atoms. The Hall–Kier alpha value is -3.20. The summed E-state index contributed by atoms with van der Waals surface area (Å²) in [7, 11) is 0. The minimum absolute atomic E-state index is 0.130. The highest BCUT2D eigenvalue weighted by Gasteiger charge is 2.20. The van der Waals surface area contributed by atoms with Gasteiger partial charge in [-0.1, -0.05) is 23.9 Å². The van der Waals surface area contributed by atoms with Crippen LogP contribution < -0.4 is 5.32 Å². The number of hydrogen-bond donors (Lipinski definition) is 1. The molecule has 6 nitrogen and oxygen atoms in total. The number of esters is 1. The van der Waals surface area contributed by atoms with Gasteiger partial charge in [-0.2, -0.15) is 0 Å². The Morgan fingerprint density at radius 1 is 1.07 bits per heavy atom. The molecule has 0 bridgehead atoms. The van der Waals surface area contributed by atoms with Crippen LogP contribution in [-0.4, -0.2) is 40.8 Å². The highest BCUT2D eigenvalue weighted by molar-refractivity contribution is 7.98. The molecule has 1 N–H and O–H groups in total. The molecule has 0 aliphatic heterocycles. The van der Waals surface area contributed by atoms with Crippen molar-refractivity contribution in [2.45, 2.75) is 11.6 Å². The van der Waals surface area contributed by atoms with Gasteiger partial charge in [0.1, 0.15) is 11.6 Å². The Balaban J connectivity index is 1.57. The lowest BCUT2D eigenvalue weighted by Gasteiger charge is -2.11. The van der Waals surface area contributed by atoms with Crippen molar-refractivity contribution in [3.05, 3.63) is 77.6 Å². The van der Waals surface area contributed by atoms with Gasteiger partial charge in [-0.3, -0.25) is 9.36 Å². The number of imidazole rings is 1. The first-order valence-corrected chi connectivity index (χ1v) is 10.3. The van der Waals surface area contributed by atoms with Crippen LogP contribution in [0.15, 0.2) is 59.9 Å². The summed E-state index contributed by atoms with van der Waals surface area (Å²) in [4.78, 5) is 28.6. The first-order chi connectivity index (χ1) is 14.5. The van der Waals surface area contributed by atoms with Gasteiger partial charge in [0.05, 0.1) is 6.20 Å². The van der Waals surface area contributed by atoms with Crippen molar-refractivity contribution in [3.63, 3.8) is 0 Å². The zero-order valence-corrected chi connectivity index (χ0v) is 16.9. The first-order valence-electron chi connectivity index (χ1n) is 9.04. The minimum Gasteiger partial charge on any atom is -0.451 e. The van der Waals surface area contributed by atoms with E-state index in [1.165, 1.54) is 54.4 Å². The molecular formula is C21H19F2N3O3S. The predicted molar refractivity (Wildman–Crippen MR) is 109 cm³/mol. The van der Waals surface area contributed by atoms with Crippen molar-refractivity contribution in [2.24, 2.45) is 0 Å². The molecule has 0 fully saturated rings. The highest BCUT2D eigenvalue weighted by atomic mass is 32.2. The van der Waals surface area contributed by atoms with Crippen LogP contribution in [0.5, 0.6) is 0 Å². The van der Waals surface area contributed by atoms with E-state index in [0.29, 0.717) is 23.8 Å². The van der Waals surface area contributed by atoms with E-state index in [2.05, 4.69) is 10.3 Å². The Morgan fingerprint density at radius 3 is 2.33 bits per heavy atom. The number of amides is 1. The molecule has 9 heteroatoms. The largest absolute Gasteiger partial charge is 0.451 e. The van der Waals surface area contributed by atoms with Crippen LogP contribution in [0.25, 0.3) is 5.69 Å².